The van der Waals surface area contributed by atoms with Crippen LogP contribution in [0.15, 0.2) is 126 Å². The van der Waals surface area contributed by atoms with E-state index < -0.39 is 8.07 Å². The molecule has 0 bridgehead atoms. The summed E-state index contributed by atoms with van der Waals surface area (Å²) >= 11 is 0. The molecule has 8 heteroatoms. The minimum atomic E-state index is -1.41. The van der Waals surface area contributed by atoms with E-state index in [0.717, 1.165) is 55.5 Å². The Morgan fingerprint density at radius 3 is 2.02 bits per heavy atom. The van der Waals surface area contributed by atoms with Crippen molar-refractivity contribution in [2.45, 2.75) is 65.6 Å². The molecule has 0 aliphatic carbocycles. The first-order valence-electron chi connectivity index (χ1n) is 19.2. The summed E-state index contributed by atoms with van der Waals surface area (Å²) in [5.74, 6) is 0.190. The van der Waals surface area contributed by atoms with Gasteiger partial charge < -0.3 is 14.4 Å². The molecule has 1 radical (unpaired) electrons. The molecule has 8 rings (SSSR count). The Hall–Kier alpha value is -5.58. The van der Waals surface area contributed by atoms with Gasteiger partial charge in [-0.05, 0) is 39.6 Å². The van der Waals surface area contributed by atoms with Crippen LogP contribution in [0.3, 0.4) is 0 Å². The van der Waals surface area contributed by atoms with Crippen molar-refractivity contribution in [3.05, 3.63) is 156 Å². The first-order chi connectivity index (χ1) is 27.2. The maximum atomic E-state index is 13.0. The van der Waals surface area contributed by atoms with E-state index in [2.05, 4.69) is 130 Å². The molecule has 3 aromatic heterocycles. The summed E-state index contributed by atoms with van der Waals surface area (Å²) < 4.78 is 19.5. The molecule has 0 fully saturated rings. The molecule has 58 heavy (non-hydrogen) atoms. The van der Waals surface area contributed by atoms with Crippen molar-refractivity contribution in [2.24, 2.45) is 0 Å². The van der Waals surface area contributed by atoms with E-state index in [1.807, 2.05) is 54.9 Å². The number of halogens is 1. The van der Waals surface area contributed by atoms with Gasteiger partial charge in [0.15, 0.2) is 0 Å². The first kappa shape index (κ1) is 42.0. The molecule has 5 aromatic carbocycles. The number of rotatable bonds is 6. The van der Waals surface area contributed by atoms with Crippen molar-refractivity contribution < 1.29 is 28.9 Å². The van der Waals surface area contributed by atoms with Gasteiger partial charge in [0, 0.05) is 66.6 Å². The van der Waals surface area contributed by atoms with Crippen LogP contribution < -0.4 is 5.19 Å². The topological polar surface area (TPSA) is 75.6 Å². The average Bonchev–Trinajstić information content (AvgIpc) is 3.59. The predicted molar refractivity (Wildman–Crippen MR) is 233 cm³/mol. The standard InChI is InChI=1S/C33H24N3O.C17H21FNSi.Ir/c1-33(2,3)29-20-35-28(19-36-29)27-11-7-10-25-26-17-16-24(18-34)30(32(26)37-31(25)27)23-14-12-22(13-15-23)21-8-5-4-6-9-21;1-12(2)15-10-16(13-6-8-14(18)9-7-13)19-11-17(15)20(3,4)5;/h4-10,12-17,19-20H,1-3H3;6,8-12H,1-5H3;/q2*-1;. The Morgan fingerprint density at radius 2 is 1.41 bits per heavy atom. The van der Waals surface area contributed by atoms with Crippen LogP contribution in [-0.4, -0.2) is 23.0 Å². The van der Waals surface area contributed by atoms with Gasteiger partial charge in [-0.25, -0.2) is 0 Å². The number of aromatic nitrogens is 3. The van der Waals surface area contributed by atoms with E-state index >= 15 is 0 Å². The molecule has 0 aliphatic heterocycles. The van der Waals surface area contributed by atoms with Gasteiger partial charge in [-0.15, -0.1) is 48.0 Å². The van der Waals surface area contributed by atoms with Crippen LogP contribution in [0.1, 0.15) is 57.4 Å². The number of hydrogen-bond acceptors (Lipinski definition) is 5. The second kappa shape index (κ2) is 17.1. The van der Waals surface area contributed by atoms with Crippen LogP contribution in [0.5, 0.6) is 0 Å². The number of nitriles is 1. The molecule has 0 N–H and O–H groups in total. The van der Waals surface area contributed by atoms with E-state index in [0.29, 0.717) is 28.3 Å². The molecule has 0 saturated heterocycles. The van der Waals surface area contributed by atoms with Crippen LogP contribution in [0, 0.1) is 29.3 Å². The molecule has 0 unspecified atom stereocenters. The predicted octanol–water partition coefficient (Wildman–Crippen LogP) is 12.7. The summed E-state index contributed by atoms with van der Waals surface area (Å²) in [6.45, 7) is 17.8. The van der Waals surface area contributed by atoms with Gasteiger partial charge in [0.25, 0.3) is 0 Å². The van der Waals surface area contributed by atoms with E-state index in [-0.39, 0.29) is 31.3 Å². The smallest absolute Gasteiger partial charge is 0.130 e. The Morgan fingerprint density at radius 1 is 0.741 bits per heavy atom. The monoisotopic (exact) mass is 957 g/mol. The van der Waals surface area contributed by atoms with Gasteiger partial charge in [0.1, 0.15) is 5.58 Å². The average molecular weight is 957 g/mol. The SMILES string of the molecule is CC(C)(C)c1cnc(-c2[c-]ccc3c2oc2c(-c4ccc(-c5ccccc5)cc4)c(C#N)ccc23)cn1.CC(C)c1cc(-c2[c-]cc(F)cc2)ncc1[Si](C)(C)C.[Ir]. The first-order valence-corrected chi connectivity index (χ1v) is 22.7. The Kier molecular flexibility index (Phi) is 12.4. The zero-order valence-electron chi connectivity index (χ0n) is 34.0. The molecule has 0 amide bonds. The fourth-order valence-electron chi connectivity index (χ4n) is 6.97. The number of nitrogens with zero attached hydrogens (tertiary/aromatic N) is 4. The van der Waals surface area contributed by atoms with Crippen molar-refractivity contribution in [3.63, 3.8) is 0 Å². The van der Waals surface area contributed by atoms with Gasteiger partial charge >= 0.3 is 0 Å². The molecule has 5 nitrogen and oxygen atoms in total. The maximum Gasteiger partial charge on any atom is 0.130 e. The zero-order chi connectivity index (χ0) is 40.5. The van der Waals surface area contributed by atoms with E-state index in [4.69, 9.17) is 4.42 Å². The zero-order valence-corrected chi connectivity index (χ0v) is 37.4. The molecule has 0 aliphatic rings. The molecular formula is C50H45FIrN4OSi-2. The number of fused-ring (bicyclic) bond motifs is 3. The van der Waals surface area contributed by atoms with E-state index in [9.17, 15) is 9.65 Å². The molecule has 0 spiro atoms. The van der Waals surface area contributed by atoms with Gasteiger partial charge in [0.2, 0.25) is 0 Å². The molecule has 3 heterocycles. The van der Waals surface area contributed by atoms with Crippen LogP contribution in [0.25, 0.3) is 66.7 Å². The third-order valence-electron chi connectivity index (χ3n) is 10.1. The van der Waals surface area contributed by atoms with Crippen LogP contribution in [-0.2, 0) is 25.5 Å². The summed E-state index contributed by atoms with van der Waals surface area (Å²) in [6.07, 6.45) is 5.61. The minimum Gasteiger partial charge on any atom is -0.500 e. The summed E-state index contributed by atoms with van der Waals surface area (Å²) in [5, 5.41) is 13.3. The van der Waals surface area contributed by atoms with Gasteiger partial charge in [-0.3, -0.25) is 9.37 Å². The van der Waals surface area contributed by atoms with Crippen molar-refractivity contribution in [2.75, 3.05) is 0 Å². The quantitative estimate of drug-likeness (QED) is 0.123. The molecule has 293 valence electrons. The second-order valence-corrected chi connectivity index (χ2v) is 21.7. The fourth-order valence-corrected chi connectivity index (χ4v) is 8.65. The molecular weight excluding hydrogens is 912 g/mol. The summed E-state index contributed by atoms with van der Waals surface area (Å²) in [4.78, 5) is 13.9. The van der Waals surface area contributed by atoms with Gasteiger partial charge in [-0.2, -0.15) is 5.26 Å². The summed E-state index contributed by atoms with van der Waals surface area (Å²) in [6, 6.07) is 41.5. The minimum absolute atomic E-state index is 0. The van der Waals surface area contributed by atoms with E-state index in [1.54, 1.807) is 12.3 Å². The van der Waals surface area contributed by atoms with Crippen molar-refractivity contribution >= 4 is 35.2 Å². The maximum absolute atomic E-state index is 13.0. The largest absolute Gasteiger partial charge is 0.500 e. The van der Waals surface area contributed by atoms with E-state index in [1.165, 1.54) is 22.9 Å². The van der Waals surface area contributed by atoms with Gasteiger partial charge in [-0.1, -0.05) is 138 Å². The normalized spacial score (nSPS) is 11.5. The number of pyridine rings is 1. The third-order valence-corrected chi connectivity index (χ3v) is 12.1. The molecule has 0 atom stereocenters. The second-order valence-electron chi connectivity index (χ2n) is 16.6. The van der Waals surface area contributed by atoms with Crippen molar-refractivity contribution in [1.29, 1.82) is 5.26 Å². The summed E-state index contributed by atoms with van der Waals surface area (Å²) in [5.41, 5.74) is 11.3. The van der Waals surface area contributed by atoms with Crippen LogP contribution in [0.2, 0.25) is 19.6 Å². The Labute approximate surface area is 355 Å². The van der Waals surface area contributed by atoms with Crippen LogP contribution >= 0.6 is 0 Å². The third kappa shape index (κ3) is 8.78. The van der Waals surface area contributed by atoms with Crippen molar-refractivity contribution in [3.8, 4) is 50.8 Å². The number of benzene rings is 5. The van der Waals surface area contributed by atoms with Crippen LogP contribution in [0.4, 0.5) is 4.39 Å². The molecule has 0 saturated carbocycles. The fraction of sp³-hybridized carbons (Fsp3) is 0.200. The van der Waals surface area contributed by atoms with Gasteiger partial charge in [0.05, 0.1) is 31.0 Å². The molecule has 8 aromatic rings. The Bertz CT molecular complexity index is 2730. The Balaban J connectivity index is 0.000000230. The number of furan rings is 1. The number of hydrogen-bond donors (Lipinski definition) is 0. The summed E-state index contributed by atoms with van der Waals surface area (Å²) in [7, 11) is -1.41. The van der Waals surface area contributed by atoms with Crippen molar-refractivity contribution in [1.82, 2.24) is 15.0 Å².